The van der Waals surface area contributed by atoms with Crippen molar-refractivity contribution in [3.63, 3.8) is 0 Å². The van der Waals surface area contributed by atoms with Crippen LogP contribution in [0, 0.1) is 47.8 Å². The Morgan fingerprint density at radius 2 is 1.51 bits per heavy atom. The molecule has 6 N–H and O–H groups in total. The Bertz CT molecular complexity index is 2270. The van der Waals surface area contributed by atoms with Crippen LogP contribution in [-0.2, 0) is 68.6 Å². The van der Waals surface area contributed by atoms with Gasteiger partial charge in [0.2, 0.25) is 6.23 Å². The second kappa shape index (κ2) is 27.5. The van der Waals surface area contributed by atoms with Crippen LogP contribution >= 0.6 is 0 Å². The summed E-state index contributed by atoms with van der Waals surface area (Å²) < 4.78 is 51.2. The molecule has 23 atom stereocenters. The van der Waals surface area contributed by atoms with Gasteiger partial charge in [-0.25, -0.2) is 15.1 Å². The van der Waals surface area contributed by atoms with Crippen LogP contribution in [0.15, 0.2) is 6.20 Å². The fourth-order valence-electron chi connectivity index (χ4n) is 11.8. The number of aromatic nitrogens is 3. The summed E-state index contributed by atoms with van der Waals surface area (Å²) in [6, 6.07) is -1.15. The Balaban J connectivity index is 1.55. The van der Waals surface area contributed by atoms with Gasteiger partial charge in [0.05, 0.1) is 54.3 Å². The molecule has 5 rings (SSSR count). The number of aliphatic hydroxyl groups is 4. The van der Waals surface area contributed by atoms with Crippen LogP contribution in [0.1, 0.15) is 107 Å². The molecule has 0 spiro atoms. The summed E-state index contributed by atoms with van der Waals surface area (Å²) in [7, 11) is 6.85. The minimum Gasteiger partial charge on any atom is -0.459 e. The molecule has 0 radical (unpaired) electrons. The summed E-state index contributed by atoms with van der Waals surface area (Å²) in [5.41, 5.74) is -5.02. The largest absolute Gasteiger partial charge is 0.475 e. The second-order valence-electron chi connectivity index (χ2n) is 22.6. The van der Waals surface area contributed by atoms with E-state index in [-0.39, 0.29) is 49.6 Å². The van der Waals surface area contributed by atoms with E-state index in [2.05, 4.69) is 20.0 Å². The summed E-state index contributed by atoms with van der Waals surface area (Å²) in [6.45, 7) is 15.4. The molecule has 4 saturated heterocycles. The van der Waals surface area contributed by atoms with Crippen LogP contribution in [0.5, 0.6) is 0 Å². The van der Waals surface area contributed by atoms with Gasteiger partial charge < -0.3 is 77.8 Å². The number of ether oxygens (including phenoxy) is 8. The maximum absolute atomic E-state index is 14.9. The van der Waals surface area contributed by atoms with Gasteiger partial charge in [-0.1, -0.05) is 26.0 Å². The smallest absolute Gasteiger partial charge is 0.459 e. The van der Waals surface area contributed by atoms with Gasteiger partial charge in [-0.15, -0.1) is 25.3 Å². The van der Waals surface area contributed by atoms with Crippen LogP contribution in [0.2, 0.25) is 0 Å². The molecule has 6 unspecified atom stereocenters. The number of rotatable bonds is 20. The lowest BCUT2D eigenvalue weighted by molar-refractivity contribution is -1.00. The minimum absolute atomic E-state index is 0.00971. The first-order chi connectivity index (χ1) is 37.6. The highest BCUT2D eigenvalue weighted by atomic mass is 17.0. The van der Waals surface area contributed by atoms with Gasteiger partial charge in [0.15, 0.2) is 18.7 Å². The lowest BCUT2D eigenvalue weighted by Gasteiger charge is -2.48. The molecule has 0 aromatic carbocycles. The normalized spacial score (nSPS) is 41.4. The van der Waals surface area contributed by atoms with E-state index >= 15 is 0 Å². The molecule has 81 heavy (non-hydrogen) atoms. The summed E-state index contributed by atoms with van der Waals surface area (Å²) in [4.78, 5) is 83.5. The van der Waals surface area contributed by atoms with E-state index in [4.69, 9.17) is 47.6 Å². The maximum Gasteiger partial charge on any atom is 0.475 e. The minimum atomic E-state index is -2.28. The zero-order chi connectivity index (χ0) is 60.8. The van der Waals surface area contributed by atoms with E-state index in [9.17, 15) is 65.7 Å². The third kappa shape index (κ3) is 16.2. The quantitative estimate of drug-likeness (QED) is 0.0582. The van der Waals surface area contributed by atoms with Crippen molar-refractivity contribution in [1.29, 1.82) is 0 Å². The van der Waals surface area contributed by atoms with Gasteiger partial charge in [0.1, 0.15) is 58.2 Å². The summed E-state index contributed by atoms with van der Waals surface area (Å²) in [5.74, 6) is -3.35. The zero-order valence-electron chi connectivity index (χ0n) is 48.0. The molecular formula is C47H83N9O25+2. The molecule has 5 heterocycles. The van der Waals surface area contributed by atoms with Gasteiger partial charge in [0.25, 0.3) is 22.4 Å². The molecule has 0 aliphatic carbocycles. The number of aliphatic hydroxyl groups excluding tert-OH is 2. The molecule has 1 aromatic heterocycles. The van der Waals surface area contributed by atoms with Gasteiger partial charge in [-0.2, -0.15) is 9.68 Å². The van der Waals surface area contributed by atoms with E-state index in [1.807, 2.05) is 37.7 Å². The fraction of sp³-hybridized carbons (Fsp3) is 0.936. The predicted octanol–water partition coefficient (Wildman–Crippen LogP) is 0.336. The highest BCUT2D eigenvalue weighted by Crippen LogP contribution is 2.41. The lowest BCUT2D eigenvalue weighted by atomic mass is 9.77. The van der Waals surface area contributed by atoms with E-state index in [1.165, 1.54) is 14.0 Å². The maximum atomic E-state index is 14.9. The molecule has 464 valence electrons. The second-order valence-corrected chi connectivity index (χ2v) is 22.6. The van der Waals surface area contributed by atoms with E-state index < -0.39 is 160 Å². The average molecular weight is 1170 g/mol. The van der Waals surface area contributed by atoms with E-state index in [1.54, 1.807) is 55.5 Å². The molecule has 34 nitrogen and oxygen atoms in total. The first-order valence-corrected chi connectivity index (χ1v) is 26.6. The van der Waals surface area contributed by atoms with Crippen molar-refractivity contribution in [2.24, 2.45) is 17.8 Å². The van der Waals surface area contributed by atoms with Gasteiger partial charge in [-0.05, 0) is 94.8 Å². The van der Waals surface area contributed by atoms with E-state index in [0.717, 1.165) is 10.9 Å². The number of hydrogen-bond donors (Lipinski definition) is 6. The molecule has 0 bridgehead atoms. The fourth-order valence-corrected chi connectivity index (χ4v) is 11.8. The van der Waals surface area contributed by atoms with Gasteiger partial charge in [-0.3, -0.25) is 4.79 Å². The number of hydrogen-bond acceptors (Lipinski definition) is 27. The van der Waals surface area contributed by atoms with Crippen molar-refractivity contribution in [2.45, 2.75) is 222 Å². The first kappa shape index (κ1) is 66.7. The summed E-state index contributed by atoms with van der Waals surface area (Å²) in [5, 5.41) is 93.4. The Morgan fingerprint density at radius 3 is 2.09 bits per heavy atom. The van der Waals surface area contributed by atoms with Crippen molar-refractivity contribution < 1.29 is 113 Å². The highest BCUT2D eigenvalue weighted by molar-refractivity contribution is 5.73. The lowest BCUT2D eigenvalue weighted by Crippen LogP contribution is -2.61. The average Bonchev–Trinajstić information content (AvgIpc) is 4.02. The zero-order valence-corrected chi connectivity index (χ0v) is 48.0. The van der Waals surface area contributed by atoms with Crippen LogP contribution in [0.4, 0.5) is 0 Å². The monoisotopic (exact) mass is 1170 g/mol. The molecule has 4 fully saturated rings. The topological polar surface area (TPSA) is 413 Å². The number of esters is 1. The number of carbonyl (C=O) groups is 1. The van der Waals surface area contributed by atoms with Crippen LogP contribution in [-0.4, -0.2) is 238 Å². The molecule has 4 aliphatic rings. The number of cyclic esters (lactones) is 1. The van der Waals surface area contributed by atoms with Crippen LogP contribution < -0.4 is 0 Å². The number of likely N-dealkylation sites (N-methyl/N-ethyl adjacent to an activating group) is 2. The molecule has 34 heteroatoms. The van der Waals surface area contributed by atoms with E-state index in [0.29, 0.717) is 6.42 Å². The Morgan fingerprint density at radius 1 is 0.864 bits per heavy atom. The molecule has 1 aromatic rings. The molecule has 0 amide bonds. The Kier molecular flexibility index (Phi) is 22.7. The van der Waals surface area contributed by atoms with Crippen molar-refractivity contribution in [3.05, 3.63) is 41.9 Å². The number of nitrogens with zero attached hydrogens (tertiary/aromatic N) is 9. The molecule has 0 saturated carbocycles. The van der Waals surface area contributed by atoms with Crippen LogP contribution in [0.3, 0.4) is 0 Å². The number of carbonyl (C=O) groups excluding carboxylic acids is 1. The Labute approximate surface area is 466 Å². The Hall–Kier alpha value is -5.11. The SMILES string of the molecule is CC[C@H]1OC(=O)[C@H](C)[C@@H](O[C@H]2C[C@@](C)(OC)[C@@H](O)[C@H](C)O2)[C@H](C)[C@@H](O[C@@H]2O[C@H](C)CC(N(C)C)[C@H]2O)[C@](C)(O)C[C@@H](C)CN(C)[C@H](C)[C@@H](OCc2cn(C3OC(CO[N+](=O)[O-])C(O[N+](=O)[O-])C(O[N+](=O)O)C3O[N+](=O)O)nn2)[C@]1(C)O. The number of methoxy groups -OCH3 is 1. The standard InChI is InChI=1S/C47H83N9O25/c1-15-32-47(10,61)41(71-21-29-20-52(49-48-29)42-38(81-56(68)69)37(80-55(66)67)36(79-54(64)65)31(75-42)22-72-53(62)63)27(6)51(13)19-23(2)17-45(8,60)40(78-44-34(57)30(50(11)12)16-24(3)73-44)25(4)35(26(5)43(59)76-32)77-33-18-46(9,70-14)39(58)28(7)74-33/h20,23-28,30-42,44,57-58,60-61H,15-19,21-22H2,1-14H3,(H,66,67)(H,68,69)/q+2/t23-,24-,25+,26-,27-,28+,30?,31?,32-,33+,34-,35+,36?,37?,38?,39+,40-,41-,42?,44+,45-,46-,47-/m1/s1. The van der Waals surface area contributed by atoms with Crippen molar-refractivity contribution in [2.75, 3.05) is 41.4 Å². The van der Waals surface area contributed by atoms with Crippen molar-refractivity contribution in [3.8, 4) is 0 Å². The van der Waals surface area contributed by atoms with Gasteiger partial charge >= 0.3 is 16.1 Å². The molecule has 4 aliphatic heterocycles. The van der Waals surface area contributed by atoms with Crippen molar-refractivity contribution in [1.82, 2.24) is 24.8 Å². The first-order valence-electron chi connectivity index (χ1n) is 26.6. The van der Waals surface area contributed by atoms with Gasteiger partial charge in [0, 0.05) is 38.1 Å². The van der Waals surface area contributed by atoms with Crippen molar-refractivity contribution >= 4 is 5.97 Å². The predicted molar refractivity (Wildman–Crippen MR) is 266 cm³/mol. The third-order valence-electron chi connectivity index (χ3n) is 16.0. The summed E-state index contributed by atoms with van der Waals surface area (Å²) in [6.07, 6.45) is -19.6. The summed E-state index contributed by atoms with van der Waals surface area (Å²) >= 11 is 0. The third-order valence-corrected chi connectivity index (χ3v) is 16.0. The highest BCUT2D eigenvalue weighted by Gasteiger charge is 2.60. The molecular weight excluding hydrogens is 1090 g/mol. The van der Waals surface area contributed by atoms with Crippen LogP contribution in [0.25, 0.3) is 0 Å².